The van der Waals surface area contributed by atoms with Gasteiger partial charge in [-0.15, -0.1) is 0 Å². The van der Waals surface area contributed by atoms with Crippen molar-refractivity contribution in [2.24, 2.45) is 0 Å². The number of amides is 2. The molecule has 0 fully saturated rings. The largest absolute Gasteiger partial charge is 0.497 e. The summed E-state index contributed by atoms with van der Waals surface area (Å²) in [5.41, 5.74) is 2.78. The Labute approximate surface area is 227 Å². The van der Waals surface area contributed by atoms with E-state index in [-0.39, 0.29) is 12.5 Å². The number of nitrogens with one attached hydrogen (secondary N) is 1. The summed E-state index contributed by atoms with van der Waals surface area (Å²) in [6.45, 7) is 7.74. The number of benzene rings is 2. The van der Waals surface area contributed by atoms with Crippen molar-refractivity contribution in [3.8, 4) is 5.75 Å². The molecule has 10 heteroatoms. The van der Waals surface area contributed by atoms with Crippen LogP contribution in [0.3, 0.4) is 0 Å². The van der Waals surface area contributed by atoms with Crippen molar-refractivity contribution in [2.45, 2.75) is 59.5 Å². The van der Waals surface area contributed by atoms with Gasteiger partial charge in [0.05, 0.1) is 12.8 Å². The molecule has 2 aromatic carbocycles. The first kappa shape index (κ1) is 31.1. The average molecular weight is 547 g/mol. The second-order valence-corrected chi connectivity index (χ2v) is 11.6. The molecule has 0 aliphatic heterocycles. The van der Waals surface area contributed by atoms with Gasteiger partial charge in [0.2, 0.25) is 11.8 Å². The minimum atomic E-state index is -4.02. The molecule has 9 nitrogen and oxygen atoms in total. The molecule has 0 unspecified atom stereocenters. The molecule has 0 radical (unpaired) electrons. The number of carbonyl (C=O) groups excluding carboxylic acids is 2. The highest BCUT2D eigenvalue weighted by molar-refractivity contribution is 7.90. The molecular formula is C28H42N4O5S. The van der Waals surface area contributed by atoms with E-state index in [0.717, 1.165) is 38.1 Å². The molecule has 0 aromatic heterocycles. The van der Waals surface area contributed by atoms with E-state index in [1.54, 1.807) is 25.3 Å². The molecule has 210 valence electrons. The van der Waals surface area contributed by atoms with Crippen LogP contribution in [0.1, 0.15) is 49.8 Å². The number of anilines is 1. The van der Waals surface area contributed by atoms with Gasteiger partial charge in [0.15, 0.2) is 0 Å². The molecule has 0 spiro atoms. The normalized spacial score (nSPS) is 12.2. The lowest BCUT2D eigenvalue weighted by Crippen LogP contribution is -2.53. The lowest BCUT2D eigenvalue weighted by Gasteiger charge is -2.34. The van der Waals surface area contributed by atoms with E-state index < -0.39 is 28.7 Å². The highest BCUT2D eigenvalue weighted by Crippen LogP contribution is 2.26. The van der Waals surface area contributed by atoms with Crippen molar-refractivity contribution in [2.75, 3.05) is 38.6 Å². The molecule has 0 saturated carbocycles. The van der Waals surface area contributed by atoms with Gasteiger partial charge in [0, 0.05) is 27.2 Å². The molecule has 0 aliphatic rings. The number of carbonyl (C=O) groups is 2. The fourth-order valence-corrected chi connectivity index (χ4v) is 5.20. The van der Waals surface area contributed by atoms with Crippen LogP contribution in [-0.4, -0.2) is 69.8 Å². The van der Waals surface area contributed by atoms with Crippen LogP contribution in [0, 0.1) is 13.8 Å². The van der Waals surface area contributed by atoms with E-state index in [1.165, 1.54) is 19.0 Å². The monoisotopic (exact) mass is 546 g/mol. The van der Waals surface area contributed by atoms with Gasteiger partial charge in [0.1, 0.15) is 18.3 Å². The van der Waals surface area contributed by atoms with Crippen LogP contribution in [0.25, 0.3) is 0 Å². The van der Waals surface area contributed by atoms with Crippen molar-refractivity contribution >= 4 is 27.7 Å². The smallest absolute Gasteiger partial charge is 0.304 e. The Hall–Kier alpha value is -3.11. The summed E-state index contributed by atoms with van der Waals surface area (Å²) < 4.78 is 34.4. The first-order chi connectivity index (χ1) is 18.0. The summed E-state index contributed by atoms with van der Waals surface area (Å²) in [6, 6.07) is 12.0. The molecule has 2 aromatic rings. The number of rotatable bonds is 14. The molecule has 1 atom stereocenters. The van der Waals surface area contributed by atoms with Gasteiger partial charge in [-0.2, -0.15) is 12.7 Å². The van der Waals surface area contributed by atoms with Crippen molar-refractivity contribution < 1.29 is 22.7 Å². The van der Waals surface area contributed by atoms with Crippen LogP contribution in [0.2, 0.25) is 0 Å². The van der Waals surface area contributed by atoms with Crippen LogP contribution in [0.5, 0.6) is 5.75 Å². The highest BCUT2D eigenvalue weighted by Gasteiger charge is 2.34. The molecule has 1 N–H and O–H groups in total. The SMILES string of the molecule is CCCCNC(=O)[C@H](CC)N(Cc1cccc(OC)c1)C(=O)CN(c1cc(C)ccc1C)S(=O)(=O)N(C)C. The maximum atomic E-state index is 14.0. The standard InChI is InChI=1S/C28H42N4O5S/c1-8-10-16-29-28(34)25(9-2)31(19-23-12-11-13-24(18-23)37-7)27(33)20-32(38(35,36)30(5)6)26-17-21(3)14-15-22(26)4/h11-15,17-18,25H,8-10,16,19-20H2,1-7H3,(H,29,34)/t25-/m0/s1. The topological polar surface area (TPSA) is 99.3 Å². The Balaban J connectivity index is 2.53. The summed E-state index contributed by atoms with van der Waals surface area (Å²) in [6.07, 6.45) is 2.13. The third kappa shape index (κ3) is 7.94. The summed E-state index contributed by atoms with van der Waals surface area (Å²) in [7, 11) is 0.412. The Morgan fingerprint density at radius 1 is 1.05 bits per heavy atom. The lowest BCUT2D eigenvalue weighted by molar-refractivity contribution is -0.140. The summed E-state index contributed by atoms with van der Waals surface area (Å²) in [4.78, 5) is 28.6. The average Bonchev–Trinajstić information content (AvgIpc) is 2.88. The van der Waals surface area contributed by atoms with Crippen LogP contribution < -0.4 is 14.4 Å². The fourth-order valence-electron chi connectivity index (χ4n) is 4.08. The molecule has 2 amide bonds. The van der Waals surface area contributed by atoms with Crippen LogP contribution in [-0.2, 0) is 26.3 Å². The zero-order valence-electron chi connectivity index (χ0n) is 23.7. The van der Waals surface area contributed by atoms with E-state index in [4.69, 9.17) is 4.74 Å². The van der Waals surface area contributed by atoms with E-state index in [1.807, 2.05) is 52.0 Å². The maximum absolute atomic E-state index is 14.0. The van der Waals surface area contributed by atoms with E-state index >= 15 is 0 Å². The Morgan fingerprint density at radius 3 is 2.37 bits per heavy atom. The molecule has 0 heterocycles. The summed E-state index contributed by atoms with van der Waals surface area (Å²) in [5, 5.41) is 2.93. The first-order valence-electron chi connectivity index (χ1n) is 12.9. The summed E-state index contributed by atoms with van der Waals surface area (Å²) >= 11 is 0. The molecule has 2 rings (SSSR count). The number of methoxy groups -OCH3 is 1. The molecule has 0 bridgehead atoms. The van der Waals surface area contributed by atoms with Gasteiger partial charge < -0.3 is 15.0 Å². The minimum Gasteiger partial charge on any atom is -0.497 e. The third-order valence-corrected chi connectivity index (χ3v) is 8.16. The zero-order valence-corrected chi connectivity index (χ0v) is 24.5. The lowest BCUT2D eigenvalue weighted by atomic mass is 10.1. The van der Waals surface area contributed by atoms with Crippen molar-refractivity contribution in [3.05, 3.63) is 59.2 Å². The van der Waals surface area contributed by atoms with Gasteiger partial charge in [-0.1, -0.05) is 44.5 Å². The molecular weight excluding hydrogens is 504 g/mol. The minimum absolute atomic E-state index is 0.123. The second kappa shape index (κ2) is 14.2. The van der Waals surface area contributed by atoms with Gasteiger partial charge in [-0.3, -0.25) is 9.59 Å². The number of nitrogens with zero attached hydrogens (tertiary/aromatic N) is 3. The Morgan fingerprint density at radius 2 is 1.76 bits per heavy atom. The molecule has 0 aliphatic carbocycles. The van der Waals surface area contributed by atoms with Crippen LogP contribution >= 0.6 is 0 Å². The van der Waals surface area contributed by atoms with Crippen molar-refractivity contribution in [1.29, 1.82) is 0 Å². The maximum Gasteiger partial charge on any atom is 0.304 e. The number of aryl methyl sites for hydroxylation is 2. The second-order valence-electron chi connectivity index (χ2n) is 9.53. The predicted molar refractivity (Wildman–Crippen MR) is 151 cm³/mol. The molecule has 38 heavy (non-hydrogen) atoms. The van der Waals surface area contributed by atoms with Crippen LogP contribution in [0.15, 0.2) is 42.5 Å². The van der Waals surface area contributed by atoms with Gasteiger partial charge in [0.25, 0.3) is 0 Å². The number of hydrogen-bond acceptors (Lipinski definition) is 5. The van der Waals surface area contributed by atoms with Gasteiger partial charge >= 0.3 is 10.2 Å². The number of ether oxygens (including phenoxy) is 1. The van der Waals surface area contributed by atoms with Crippen LogP contribution in [0.4, 0.5) is 5.69 Å². The fraction of sp³-hybridized carbons (Fsp3) is 0.500. The number of unbranched alkanes of at least 4 members (excludes halogenated alkanes) is 1. The van der Waals surface area contributed by atoms with Gasteiger partial charge in [-0.05, 0) is 61.6 Å². The van der Waals surface area contributed by atoms with E-state index in [2.05, 4.69) is 5.32 Å². The van der Waals surface area contributed by atoms with E-state index in [0.29, 0.717) is 24.4 Å². The highest BCUT2D eigenvalue weighted by atomic mass is 32.2. The number of hydrogen-bond donors (Lipinski definition) is 1. The quantitative estimate of drug-likeness (QED) is 0.365. The Kier molecular flexibility index (Phi) is 11.6. The van der Waals surface area contributed by atoms with Crippen molar-refractivity contribution in [1.82, 2.24) is 14.5 Å². The van der Waals surface area contributed by atoms with Gasteiger partial charge in [-0.25, -0.2) is 4.31 Å². The zero-order chi connectivity index (χ0) is 28.5. The first-order valence-corrected chi connectivity index (χ1v) is 14.3. The summed E-state index contributed by atoms with van der Waals surface area (Å²) in [5.74, 6) is -0.106. The third-order valence-electron chi connectivity index (χ3n) is 6.35. The van der Waals surface area contributed by atoms with Crippen molar-refractivity contribution in [3.63, 3.8) is 0 Å². The van der Waals surface area contributed by atoms with E-state index in [9.17, 15) is 18.0 Å². The predicted octanol–water partition coefficient (Wildman–Crippen LogP) is 3.65. The Bertz CT molecular complexity index is 1200. The molecule has 0 saturated heterocycles.